The highest BCUT2D eigenvalue weighted by Gasteiger charge is 2.11. The Balaban J connectivity index is 1.51. The molecule has 0 saturated carbocycles. The largest absolute Gasteiger partial charge is 0.360 e. The summed E-state index contributed by atoms with van der Waals surface area (Å²) < 4.78 is 4.92. The molecular weight excluding hydrogens is 318 g/mol. The molecule has 25 heavy (non-hydrogen) atoms. The number of rotatable bonds is 7. The number of hydrogen-bond donors (Lipinski definition) is 2. The van der Waals surface area contributed by atoms with E-state index >= 15 is 0 Å². The van der Waals surface area contributed by atoms with Crippen LogP contribution in [0.1, 0.15) is 28.2 Å². The van der Waals surface area contributed by atoms with E-state index < -0.39 is 0 Å². The van der Waals surface area contributed by atoms with E-state index in [2.05, 4.69) is 37.9 Å². The van der Waals surface area contributed by atoms with Crippen molar-refractivity contribution in [1.82, 2.24) is 15.1 Å². The molecule has 2 N–H and O–H groups in total. The predicted molar refractivity (Wildman–Crippen MR) is 94.5 cm³/mol. The summed E-state index contributed by atoms with van der Waals surface area (Å²) in [4.78, 5) is 20.5. The van der Waals surface area contributed by atoms with Gasteiger partial charge in [0.1, 0.15) is 11.5 Å². The first-order valence-electron chi connectivity index (χ1n) is 8.06. The van der Waals surface area contributed by atoms with Gasteiger partial charge in [0.2, 0.25) is 5.95 Å². The average Bonchev–Trinajstić information content (AvgIpc) is 3.05. The van der Waals surface area contributed by atoms with Gasteiger partial charge >= 0.3 is 0 Å². The van der Waals surface area contributed by atoms with Crippen LogP contribution in [0.4, 0.5) is 11.8 Å². The van der Waals surface area contributed by atoms with Gasteiger partial charge < -0.3 is 15.2 Å². The van der Waals surface area contributed by atoms with Crippen LogP contribution in [0.5, 0.6) is 0 Å². The Morgan fingerprint density at radius 3 is 2.80 bits per heavy atom. The molecule has 0 aliphatic rings. The molecule has 128 valence electrons. The van der Waals surface area contributed by atoms with Crippen molar-refractivity contribution in [2.24, 2.45) is 0 Å². The summed E-state index contributed by atoms with van der Waals surface area (Å²) in [6.45, 7) is 2.48. The van der Waals surface area contributed by atoms with Crippen molar-refractivity contribution in [3.63, 3.8) is 0 Å². The lowest BCUT2D eigenvalue weighted by molar-refractivity contribution is 0.102. The van der Waals surface area contributed by atoms with E-state index in [9.17, 15) is 4.79 Å². The van der Waals surface area contributed by atoms with E-state index in [4.69, 9.17) is 4.52 Å². The molecule has 0 radical (unpaired) electrons. The Morgan fingerprint density at radius 2 is 2.04 bits per heavy atom. The highest BCUT2D eigenvalue weighted by atomic mass is 16.5. The fourth-order valence-corrected chi connectivity index (χ4v) is 2.31. The summed E-state index contributed by atoms with van der Waals surface area (Å²) in [6, 6.07) is 13.5. The molecule has 2 aromatic heterocycles. The second kappa shape index (κ2) is 8.05. The lowest BCUT2D eigenvalue weighted by Crippen LogP contribution is -2.16. The minimum atomic E-state index is -0.358. The molecule has 0 saturated heterocycles. The van der Waals surface area contributed by atoms with Crippen LogP contribution in [-0.4, -0.2) is 27.6 Å². The van der Waals surface area contributed by atoms with Gasteiger partial charge in [-0.1, -0.05) is 35.5 Å². The standard InChI is InChI=1S/C18H19N5O2/c1-13-12-16(23-25-13)22-17(24)15-9-11-20-18(21-15)19-10-5-8-14-6-3-2-4-7-14/h2-4,6-7,9,11-12H,5,8,10H2,1H3,(H,19,20,21)(H,22,23,24). The minimum Gasteiger partial charge on any atom is -0.360 e. The number of anilines is 2. The fourth-order valence-electron chi connectivity index (χ4n) is 2.31. The van der Waals surface area contributed by atoms with Gasteiger partial charge in [-0.25, -0.2) is 9.97 Å². The van der Waals surface area contributed by atoms with Crippen LogP contribution in [0.2, 0.25) is 0 Å². The number of carbonyl (C=O) groups is 1. The molecule has 0 aliphatic heterocycles. The zero-order chi connectivity index (χ0) is 17.5. The SMILES string of the molecule is Cc1cc(NC(=O)c2ccnc(NCCCc3ccccc3)n2)no1. The third kappa shape index (κ3) is 4.87. The molecule has 7 nitrogen and oxygen atoms in total. The summed E-state index contributed by atoms with van der Waals surface area (Å²) >= 11 is 0. The summed E-state index contributed by atoms with van der Waals surface area (Å²) in [6.07, 6.45) is 3.47. The van der Waals surface area contributed by atoms with Crippen molar-refractivity contribution in [1.29, 1.82) is 0 Å². The van der Waals surface area contributed by atoms with Crippen molar-refractivity contribution in [3.8, 4) is 0 Å². The van der Waals surface area contributed by atoms with Crippen LogP contribution < -0.4 is 10.6 Å². The smallest absolute Gasteiger partial charge is 0.275 e. The second-order valence-electron chi connectivity index (χ2n) is 5.56. The van der Waals surface area contributed by atoms with Crippen LogP contribution in [-0.2, 0) is 6.42 Å². The fraction of sp³-hybridized carbons (Fsp3) is 0.222. The van der Waals surface area contributed by atoms with Crippen LogP contribution in [0, 0.1) is 6.92 Å². The maximum atomic E-state index is 12.2. The summed E-state index contributed by atoms with van der Waals surface area (Å²) in [5.41, 5.74) is 1.56. The zero-order valence-corrected chi connectivity index (χ0v) is 13.9. The summed E-state index contributed by atoms with van der Waals surface area (Å²) in [7, 11) is 0. The van der Waals surface area contributed by atoms with Gasteiger partial charge in [0.15, 0.2) is 5.82 Å². The summed E-state index contributed by atoms with van der Waals surface area (Å²) in [5, 5.41) is 9.50. The van der Waals surface area contributed by atoms with Crippen molar-refractivity contribution in [3.05, 3.63) is 65.7 Å². The molecule has 1 aromatic carbocycles. The lowest BCUT2D eigenvalue weighted by atomic mass is 10.1. The molecule has 2 heterocycles. The first-order valence-corrected chi connectivity index (χ1v) is 8.06. The maximum Gasteiger partial charge on any atom is 0.275 e. The van der Waals surface area contributed by atoms with Gasteiger partial charge in [0.05, 0.1) is 0 Å². The van der Waals surface area contributed by atoms with E-state index in [0.29, 0.717) is 17.5 Å². The minimum absolute atomic E-state index is 0.265. The monoisotopic (exact) mass is 337 g/mol. The van der Waals surface area contributed by atoms with Crippen molar-refractivity contribution < 1.29 is 9.32 Å². The average molecular weight is 337 g/mol. The van der Waals surface area contributed by atoms with Crippen LogP contribution in [0.3, 0.4) is 0 Å². The number of hydrogen-bond acceptors (Lipinski definition) is 6. The number of aromatic nitrogens is 3. The van der Waals surface area contributed by atoms with Gasteiger partial charge in [-0.15, -0.1) is 0 Å². The molecule has 3 rings (SSSR count). The number of amides is 1. The van der Waals surface area contributed by atoms with E-state index in [-0.39, 0.29) is 11.6 Å². The first kappa shape index (κ1) is 16.6. The number of nitrogens with zero attached hydrogens (tertiary/aromatic N) is 3. The number of aryl methyl sites for hydroxylation is 2. The van der Waals surface area contributed by atoms with Gasteiger partial charge in [0, 0.05) is 18.8 Å². The second-order valence-corrected chi connectivity index (χ2v) is 5.56. The maximum absolute atomic E-state index is 12.2. The van der Waals surface area contributed by atoms with Crippen LogP contribution >= 0.6 is 0 Å². The van der Waals surface area contributed by atoms with E-state index in [1.807, 2.05) is 18.2 Å². The van der Waals surface area contributed by atoms with Gasteiger partial charge in [-0.05, 0) is 31.4 Å². The predicted octanol–water partition coefficient (Wildman–Crippen LogP) is 3.07. The highest BCUT2D eigenvalue weighted by molar-refractivity contribution is 6.02. The lowest BCUT2D eigenvalue weighted by Gasteiger charge is -2.06. The van der Waals surface area contributed by atoms with Gasteiger partial charge in [0.25, 0.3) is 5.91 Å². The van der Waals surface area contributed by atoms with Gasteiger partial charge in [-0.2, -0.15) is 0 Å². The number of benzene rings is 1. The molecule has 0 atom stereocenters. The Morgan fingerprint density at radius 1 is 1.20 bits per heavy atom. The zero-order valence-electron chi connectivity index (χ0n) is 13.9. The molecule has 0 unspecified atom stereocenters. The molecule has 0 fully saturated rings. The van der Waals surface area contributed by atoms with Crippen molar-refractivity contribution in [2.45, 2.75) is 19.8 Å². The summed E-state index contributed by atoms with van der Waals surface area (Å²) in [5.74, 6) is 1.05. The van der Waals surface area contributed by atoms with Crippen LogP contribution in [0.25, 0.3) is 0 Å². The van der Waals surface area contributed by atoms with Crippen molar-refractivity contribution in [2.75, 3.05) is 17.2 Å². The molecular formula is C18H19N5O2. The van der Waals surface area contributed by atoms with E-state index in [1.54, 1.807) is 25.3 Å². The third-order valence-electron chi connectivity index (χ3n) is 3.53. The molecule has 0 spiro atoms. The molecule has 3 aromatic rings. The normalized spacial score (nSPS) is 10.4. The molecule has 0 bridgehead atoms. The Kier molecular flexibility index (Phi) is 5.36. The number of nitrogens with one attached hydrogen (secondary N) is 2. The Bertz CT molecular complexity index is 832. The van der Waals surface area contributed by atoms with E-state index in [1.165, 1.54) is 5.56 Å². The van der Waals surface area contributed by atoms with Gasteiger partial charge in [-0.3, -0.25) is 4.79 Å². The Labute approximate surface area is 145 Å². The third-order valence-corrected chi connectivity index (χ3v) is 3.53. The topological polar surface area (TPSA) is 92.9 Å². The molecule has 1 amide bonds. The Hall–Kier alpha value is -3.22. The van der Waals surface area contributed by atoms with Crippen molar-refractivity contribution >= 4 is 17.7 Å². The molecule has 7 heteroatoms. The quantitative estimate of drug-likeness (QED) is 0.644. The number of carbonyl (C=O) groups excluding carboxylic acids is 1. The van der Waals surface area contributed by atoms with Crippen LogP contribution in [0.15, 0.2) is 53.2 Å². The molecule has 0 aliphatic carbocycles. The van der Waals surface area contributed by atoms with E-state index in [0.717, 1.165) is 19.4 Å². The highest BCUT2D eigenvalue weighted by Crippen LogP contribution is 2.09. The first-order chi connectivity index (χ1) is 12.2.